The summed E-state index contributed by atoms with van der Waals surface area (Å²) in [5, 5.41) is 2.96. The number of piperazine rings is 1. The van der Waals surface area contributed by atoms with E-state index in [0.29, 0.717) is 18.7 Å². The minimum Gasteiger partial charge on any atom is -0.465 e. The average Bonchev–Trinajstić information content (AvgIpc) is 2.71. The Morgan fingerprint density at radius 3 is 2.18 bits per heavy atom. The molecule has 2 aromatic rings. The van der Waals surface area contributed by atoms with Crippen LogP contribution in [0.15, 0.2) is 54.6 Å². The van der Waals surface area contributed by atoms with Crippen LogP contribution in [0.1, 0.15) is 29.8 Å². The number of amides is 2. The molecule has 0 spiro atoms. The molecule has 1 aliphatic rings. The van der Waals surface area contributed by atoms with Crippen LogP contribution in [0, 0.1) is 0 Å². The van der Waals surface area contributed by atoms with Gasteiger partial charge < -0.3 is 15.0 Å². The van der Waals surface area contributed by atoms with E-state index in [-0.39, 0.29) is 24.1 Å². The second-order valence-corrected chi connectivity index (χ2v) is 7.26. The fourth-order valence-corrected chi connectivity index (χ4v) is 3.63. The maximum atomic E-state index is 12.6. The zero-order valence-corrected chi connectivity index (χ0v) is 16.6. The Labute approximate surface area is 166 Å². The fourth-order valence-electron chi connectivity index (χ4n) is 3.63. The van der Waals surface area contributed by atoms with Gasteiger partial charge in [0.2, 0.25) is 0 Å². The molecule has 0 saturated carbocycles. The molecule has 0 aromatic heterocycles. The van der Waals surface area contributed by atoms with Crippen LogP contribution in [0.3, 0.4) is 0 Å². The van der Waals surface area contributed by atoms with Gasteiger partial charge in [0, 0.05) is 37.4 Å². The summed E-state index contributed by atoms with van der Waals surface area (Å²) in [6.07, 6.45) is 0. The summed E-state index contributed by atoms with van der Waals surface area (Å²) in [4.78, 5) is 28.4. The third kappa shape index (κ3) is 4.70. The highest BCUT2D eigenvalue weighted by molar-refractivity contribution is 5.89. The minimum atomic E-state index is -0.327. The lowest BCUT2D eigenvalue weighted by Gasteiger charge is -2.44. The molecule has 28 heavy (non-hydrogen) atoms. The summed E-state index contributed by atoms with van der Waals surface area (Å²) in [7, 11) is 1.38. The van der Waals surface area contributed by atoms with E-state index in [1.807, 2.05) is 47.4 Å². The first-order chi connectivity index (χ1) is 13.5. The van der Waals surface area contributed by atoms with Crippen LogP contribution in [-0.2, 0) is 11.3 Å². The van der Waals surface area contributed by atoms with E-state index in [1.54, 1.807) is 12.1 Å². The number of ether oxygens (including phenoxy) is 1. The number of carbonyl (C=O) groups is 2. The molecule has 1 heterocycles. The maximum absolute atomic E-state index is 12.6. The standard InChI is InChI=1S/C22H27N3O3/c1-16-13-24(22(27)23-20-7-5-4-6-8-20)14-17(2)25(16)15-18-9-11-19(12-10-18)21(26)28-3/h4-12,16-17H,13-15H2,1-3H3,(H,23,27)/t16-,17+. The van der Waals surface area contributed by atoms with Crippen molar-refractivity contribution in [3.8, 4) is 0 Å². The van der Waals surface area contributed by atoms with Crippen molar-refractivity contribution in [1.82, 2.24) is 9.80 Å². The fraction of sp³-hybridized carbons (Fsp3) is 0.364. The summed E-state index contributed by atoms with van der Waals surface area (Å²) in [6, 6.07) is 17.4. The lowest BCUT2D eigenvalue weighted by atomic mass is 10.1. The molecule has 0 radical (unpaired) electrons. The number of anilines is 1. The highest BCUT2D eigenvalue weighted by atomic mass is 16.5. The van der Waals surface area contributed by atoms with E-state index < -0.39 is 0 Å². The molecule has 0 bridgehead atoms. The van der Waals surface area contributed by atoms with Crippen molar-refractivity contribution in [2.75, 3.05) is 25.5 Å². The number of hydrogen-bond donors (Lipinski definition) is 1. The van der Waals surface area contributed by atoms with Crippen molar-refractivity contribution in [3.05, 3.63) is 65.7 Å². The summed E-state index contributed by atoms with van der Waals surface area (Å²) < 4.78 is 4.74. The van der Waals surface area contributed by atoms with Crippen molar-refractivity contribution in [2.45, 2.75) is 32.5 Å². The van der Waals surface area contributed by atoms with Gasteiger partial charge in [-0.15, -0.1) is 0 Å². The zero-order chi connectivity index (χ0) is 20.1. The van der Waals surface area contributed by atoms with E-state index >= 15 is 0 Å². The second kappa shape index (κ2) is 8.89. The van der Waals surface area contributed by atoms with E-state index in [9.17, 15) is 9.59 Å². The molecule has 6 heteroatoms. The first kappa shape index (κ1) is 19.9. The monoisotopic (exact) mass is 381 g/mol. The predicted molar refractivity (Wildman–Crippen MR) is 109 cm³/mol. The summed E-state index contributed by atoms with van der Waals surface area (Å²) in [5.41, 5.74) is 2.49. The van der Waals surface area contributed by atoms with Gasteiger partial charge in [0.1, 0.15) is 0 Å². The Morgan fingerprint density at radius 2 is 1.61 bits per heavy atom. The number of urea groups is 1. The summed E-state index contributed by atoms with van der Waals surface area (Å²) in [6.45, 7) is 6.40. The molecule has 0 aliphatic carbocycles. The molecule has 2 amide bonds. The van der Waals surface area contributed by atoms with Crippen LogP contribution < -0.4 is 5.32 Å². The quantitative estimate of drug-likeness (QED) is 0.822. The van der Waals surface area contributed by atoms with Gasteiger partial charge in [0.15, 0.2) is 0 Å². The van der Waals surface area contributed by atoms with Crippen LogP contribution >= 0.6 is 0 Å². The Hall–Kier alpha value is -2.86. The number of rotatable bonds is 4. The second-order valence-electron chi connectivity index (χ2n) is 7.26. The van der Waals surface area contributed by atoms with E-state index in [1.165, 1.54) is 7.11 Å². The predicted octanol–water partition coefficient (Wildman–Crippen LogP) is 3.60. The van der Waals surface area contributed by atoms with Gasteiger partial charge in [0.05, 0.1) is 12.7 Å². The minimum absolute atomic E-state index is 0.0630. The van der Waals surface area contributed by atoms with Crippen molar-refractivity contribution >= 4 is 17.7 Å². The van der Waals surface area contributed by atoms with Crippen LogP contribution in [-0.4, -0.2) is 54.1 Å². The van der Waals surface area contributed by atoms with Gasteiger partial charge in [-0.25, -0.2) is 9.59 Å². The molecule has 1 saturated heterocycles. The lowest BCUT2D eigenvalue weighted by Crippen LogP contribution is -2.58. The largest absolute Gasteiger partial charge is 0.465 e. The molecule has 6 nitrogen and oxygen atoms in total. The van der Waals surface area contributed by atoms with Crippen molar-refractivity contribution in [2.24, 2.45) is 0 Å². The topological polar surface area (TPSA) is 61.9 Å². The number of hydrogen-bond acceptors (Lipinski definition) is 4. The number of para-hydroxylation sites is 1. The molecule has 1 aliphatic heterocycles. The van der Waals surface area contributed by atoms with Crippen LogP contribution in [0.4, 0.5) is 10.5 Å². The van der Waals surface area contributed by atoms with Gasteiger partial charge in [-0.1, -0.05) is 30.3 Å². The Kier molecular flexibility index (Phi) is 6.31. The Balaban J connectivity index is 1.60. The summed E-state index contributed by atoms with van der Waals surface area (Å²) >= 11 is 0. The SMILES string of the molecule is COC(=O)c1ccc(CN2[C@H](C)CN(C(=O)Nc3ccccc3)C[C@@H]2C)cc1. The molecule has 2 aromatic carbocycles. The molecule has 1 fully saturated rings. The Bertz CT molecular complexity index is 796. The van der Waals surface area contributed by atoms with Crippen LogP contribution in [0.5, 0.6) is 0 Å². The van der Waals surface area contributed by atoms with Gasteiger partial charge in [-0.05, 0) is 43.7 Å². The highest BCUT2D eigenvalue weighted by Crippen LogP contribution is 2.20. The van der Waals surface area contributed by atoms with E-state index in [4.69, 9.17) is 4.74 Å². The average molecular weight is 381 g/mol. The summed E-state index contributed by atoms with van der Waals surface area (Å²) in [5.74, 6) is -0.327. The third-order valence-corrected chi connectivity index (χ3v) is 5.15. The maximum Gasteiger partial charge on any atom is 0.337 e. The number of esters is 1. The first-order valence-corrected chi connectivity index (χ1v) is 9.52. The normalized spacial score (nSPS) is 19.9. The van der Waals surface area contributed by atoms with Crippen LogP contribution in [0.25, 0.3) is 0 Å². The van der Waals surface area contributed by atoms with Crippen molar-refractivity contribution < 1.29 is 14.3 Å². The lowest BCUT2D eigenvalue weighted by molar-refractivity contribution is 0.0525. The van der Waals surface area contributed by atoms with Gasteiger partial charge in [-0.3, -0.25) is 4.90 Å². The highest BCUT2D eigenvalue weighted by Gasteiger charge is 2.31. The molecular weight excluding hydrogens is 354 g/mol. The molecular formula is C22H27N3O3. The van der Waals surface area contributed by atoms with Gasteiger partial charge in [0.25, 0.3) is 0 Å². The Morgan fingerprint density at radius 1 is 1.00 bits per heavy atom. The number of nitrogens with zero attached hydrogens (tertiary/aromatic N) is 2. The molecule has 3 rings (SSSR count). The molecule has 0 unspecified atom stereocenters. The van der Waals surface area contributed by atoms with Crippen LogP contribution in [0.2, 0.25) is 0 Å². The van der Waals surface area contributed by atoms with Crippen molar-refractivity contribution in [3.63, 3.8) is 0 Å². The number of benzene rings is 2. The van der Waals surface area contributed by atoms with E-state index in [2.05, 4.69) is 24.1 Å². The zero-order valence-electron chi connectivity index (χ0n) is 16.6. The number of carbonyl (C=O) groups excluding carboxylic acids is 2. The molecule has 148 valence electrons. The van der Waals surface area contributed by atoms with Crippen molar-refractivity contribution in [1.29, 1.82) is 0 Å². The molecule has 2 atom stereocenters. The first-order valence-electron chi connectivity index (χ1n) is 9.52. The number of nitrogens with one attached hydrogen (secondary N) is 1. The third-order valence-electron chi connectivity index (χ3n) is 5.15. The van der Waals surface area contributed by atoms with Gasteiger partial charge in [-0.2, -0.15) is 0 Å². The molecule has 1 N–H and O–H groups in total. The smallest absolute Gasteiger partial charge is 0.337 e. The number of methoxy groups -OCH3 is 1. The van der Waals surface area contributed by atoms with Gasteiger partial charge >= 0.3 is 12.0 Å². The van der Waals surface area contributed by atoms with E-state index in [0.717, 1.165) is 17.8 Å².